The van der Waals surface area contributed by atoms with Gasteiger partial charge in [0.15, 0.2) is 0 Å². The highest BCUT2D eigenvalue weighted by molar-refractivity contribution is 9.10. The second-order valence-electron chi connectivity index (χ2n) is 4.21. The van der Waals surface area contributed by atoms with Crippen LogP contribution < -0.4 is 10.1 Å². The first-order valence-corrected chi connectivity index (χ1v) is 7.10. The molecule has 0 heterocycles. The minimum Gasteiger partial charge on any atom is -0.497 e. The quantitative estimate of drug-likeness (QED) is 0.869. The van der Waals surface area contributed by atoms with Gasteiger partial charge in [-0.25, -0.2) is 0 Å². The molecule has 0 fully saturated rings. The van der Waals surface area contributed by atoms with E-state index in [4.69, 9.17) is 16.3 Å². The Hall–Kier alpha value is -1.52. The van der Waals surface area contributed by atoms with Gasteiger partial charge in [-0.3, -0.25) is 4.79 Å². The van der Waals surface area contributed by atoms with Gasteiger partial charge in [-0.05, 0) is 36.8 Å². The normalized spacial score (nSPS) is 10.2. The van der Waals surface area contributed by atoms with Gasteiger partial charge in [0.1, 0.15) is 5.75 Å². The molecule has 2 aromatic rings. The summed E-state index contributed by atoms with van der Waals surface area (Å²) in [7, 11) is 1.56. The first-order chi connectivity index (χ1) is 9.52. The zero-order valence-electron chi connectivity index (χ0n) is 11.0. The highest BCUT2D eigenvalue weighted by atomic mass is 79.9. The molecule has 0 spiro atoms. The number of nitrogens with one attached hydrogen (secondary N) is 1. The number of ether oxygens (including phenoxy) is 1. The van der Waals surface area contributed by atoms with Gasteiger partial charge in [-0.2, -0.15) is 0 Å². The Bertz CT molecular complexity index is 658. The largest absolute Gasteiger partial charge is 0.497 e. The molecule has 2 aromatic carbocycles. The summed E-state index contributed by atoms with van der Waals surface area (Å²) >= 11 is 9.49. The predicted molar refractivity (Wildman–Crippen MR) is 84.8 cm³/mol. The lowest BCUT2D eigenvalue weighted by Gasteiger charge is -2.11. The van der Waals surface area contributed by atoms with Gasteiger partial charge in [0.2, 0.25) is 0 Å². The number of amides is 1. The van der Waals surface area contributed by atoms with E-state index < -0.39 is 0 Å². The number of hydrogen-bond acceptors (Lipinski definition) is 2. The topological polar surface area (TPSA) is 38.3 Å². The summed E-state index contributed by atoms with van der Waals surface area (Å²) in [6.07, 6.45) is 0. The van der Waals surface area contributed by atoms with Crippen molar-refractivity contribution in [1.82, 2.24) is 0 Å². The average Bonchev–Trinajstić information content (AvgIpc) is 2.44. The van der Waals surface area contributed by atoms with Gasteiger partial charge in [0.05, 0.1) is 17.8 Å². The Labute approximate surface area is 131 Å². The summed E-state index contributed by atoms with van der Waals surface area (Å²) in [6, 6.07) is 10.6. The van der Waals surface area contributed by atoms with E-state index in [2.05, 4.69) is 21.2 Å². The van der Waals surface area contributed by atoms with Crippen LogP contribution in [0.25, 0.3) is 0 Å². The smallest absolute Gasteiger partial charge is 0.256 e. The van der Waals surface area contributed by atoms with Crippen LogP contribution in [0.4, 0.5) is 5.69 Å². The molecule has 0 aliphatic rings. The fraction of sp³-hybridized carbons (Fsp3) is 0.133. The Kier molecular flexibility index (Phi) is 4.68. The lowest BCUT2D eigenvalue weighted by Crippen LogP contribution is -2.13. The van der Waals surface area contributed by atoms with Gasteiger partial charge in [0, 0.05) is 16.1 Å². The molecular weight excluding hydrogens is 342 g/mol. The second-order valence-corrected chi connectivity index (χ2v) is 5.47. The van der Waals surface area contributed by atoms with E-state index >= 15 is 0 Å². The van der Waals surface area contributed by atoms with E-state index in [1.807, 2.05) is 19.1 Å². The highest BCUT2D eigenvalue weighted by Gasteiger charge is 2.13. The van der Waals surface area contributed by atoms with Gasteiger partial charge >= 0.3 is 0 Å². The van der Waals surface area contributed by atoms with E-state index in [-0.39, 0.29) is 5.91 Å². The van der Waals surface area contributed by atoms with Crippen molar-refractivity contribution in [1.29, 1.82) is 0 Å². The minimum absolute atomic E-state index is 0.209. The van der Waals surface area contributed by atoms with Gasteiger partial charge < -0.3 is 10.1 Å². The Morgan fingerprint density at radius 3 is 2.75 bits per heavy atom. The fourth-order valence-electron chi connectivity index (χ4n) is 1.77. The predicted octanol–water partition coefficient (Wildman–Crippen LogP) is 4.67. The average molecular weight is 355 g/mol. The monoisotopic (exact) mass is 353 g/mol. The second kappa shape index (κ2) is 6.29. The minimum atomic E-state index is -0.209. The molecular formula is C15H13BrClNO2. The summed E-state index contributed by atoms with van der Waals surface area (Å²) in [5, 5.41) is 3.26. The number of rotatable bonds is 3. The number of methoxy groups -OCH3 is 1. The van der Waals surface area contributed by atoms with Crippen molar-refractivity contribution in [3.63, 3.8) is 0 Å². The maximum atomic E-state index is 12.3. The van der Waals surface area contributed by atoms with Crippen LogP contribution in [0.2, 0.25) is 5.02 Å². The molecule has 0 unspecified atom stereocenters. The summed E-state index contributed by atoms with van der Waals surface area (Å²) in [4.78, 5) is 12.3. The number of halogens is 2. The van der Waals surface area contributed by atoms with Crippen molar-refractivity contribution in [3.05, 3.63) is 57.0 Å². The van der Waals surface area contributed by atoms with Crippen LogP contribution in [-0.2, 0) is 0 Å². The SMILES string of the molecule is COc1ccc(Cl)c(NC(=O)c2cccc(Br)c2C)c1. The lowest BCUT2D eigenvalue weighted by atomic mass is 10.1. The van der Waals surface area contributed by atoms with Crippen LogP contribution in [0.5, 0.6) is 5.75 Å². The molecule has 5 heteroatoms. The Balaban J connectivity index is 2.30. The molecule has 0 atom stereocenters. The van der Waals surface area contributed by atoms with Crippen LogP contribution in [0.3, 0.4) is 0 Å². The summed E-state index contributed by atoms with van der Waals surface area (Å²) in [5.74, 6) is 0.426. The maximum Gasteiger partial charge on any atom is 0.256 e. The van der Waals surface area contributed by atoms with Crippen LogP contribution in [0, 0.1) is 6.92 Å². The van der Waals surface area contributed by atoms with Crippen LogP contribution in [0.15, 0.2) is 40.9 Å². The lowest BCUT2D eigenvalue weighted by molar-refractivity contribution is 0.102. The van der Waals surface area contributed by atoms with E-state index in [1.165, 1.54) is 0 Å². The van der Waals surface area contributed by atoms with E-state index in [0.29, 0.717) is 22.0 Å². The maximum absolute atomic E-state index is 12.3. The molecule has 0 aromatic heterocycles. The van der Waals surface area contributed by atoms with Crippen LogP contribution >= 0.6 is 27.5 Å². The van der Waals surface area contributed by atoms with Gasteiger partial charge in [-0.1, -0.05) is 33.6 Å². The number of anilines is 1. The molecule has 1 amide bonds. The number of carbonyl (C=O) groups excluding carboxylic acids is 1. The van der Waals surface area contributed by atoms with Crippen molar-refractivity contribution < 1.29 is 9.53 Å². The molecule has 0 aliphatic heterocycles. The fourth-order valence-corrected chi connectivity index (χ4v) is 2.30. The number of carbonyl (C=O) groups is 1. The highest BCUT2D eigenvalue weighted by Crippen LogP contribution is 2.28. The van der Waals surface area contributed by atoms with Gasteiger partial charge in [-0.15, -0.1) is 0 Å². The molecule has 0 radical (unpaired) electrons. The number of benzene rings is 2. The van der Waals surface area contributed by atoms with Crippen molar-refractivity contribution >= 4 is 39.1 Å². The first kappa shape index (κ1) is 14.9. The van der Waals surface area contributed by atoms with Crippen LogP contribution in [-0.4, -0.2) is 13.0 Å². The number of hydrogen-bond donors (Lipinski definition) is 1. The van der Waals surface area contributed by atoms with E-state index in [0.717, 1.165) is 10.0 Å². The summed E-state index contributed by atoms with van der Waals surface area (Å²) in [6.45, 7) is 1.88. The molecule has 1 N–H and O–H groups in total. The van der Waals surface area contributed by atoms with Gasteiger partial charge in [0.25, 0.3) is 5.91 Å². The molecule has 3 nitrogen and oxygen atoms in total. The van der Waals surface area contributed by atoms with Crippen molar-refractivity contribution in [3.8, 4) is 5.75 Å². The third-order valence-electron chi connectivity index (χ3n) is 2.93. The molecule has 104 valence electrons. The zero-order valence-corrected chi connectivity index (χ0v) is 13.4. The Morgan fingerprint density at radius 1 is 1.30 bits per heavy atom. The van der Waals surface area contributed by atoms with E-state index in [1.54, 1.807) is 31.4 Å². The van der Waals surface area contributed by atoms with Crippen molar-refractivity contribution in [2.75, 3.05) is 12.4 Å². The molecule has 0 saturated carbocycles. The zero-order chi connectivity index (χ0) is 14.7. The standard InChI is InChI=1S/C15H13BrClNO2/c1-9-11(4-3-5-12(9)16)15(19)18-14-8-10(20-2)6-7-13(14)17/h3-8H,1-2H3,(H,18,19). The summed E-state index contributed by atoms with van der Waals surface area (Å²) < 4.78 is 6.01. The molecule has 0 saturated heterocycles. The molecule has 0 aliphatic carbocycles. The molecule has 20 heavy (non-hydrogen) atoms. The molecule has 0 bridgehead atoms. The first-order valence-electron chi connectivity index (χ1n) is 5.93. The van der Waals surface area contributed by atoms with Crippen molar-refractivity contribution in [2.45, 2.75) is 6.92 Å². The van der Waals surface area contributed by atoms with Crippen molar-refractivity contribution in [2.24, 2.45) is 0 Å². The third kappa shape index (κ3) is 3.14. The Morgan fingerprint density at radius 2 is 2.05 bits per heavy atom. The summed E-state index contributed by atoms with van der Waals surface area (Å²) in [5.41, 5.74) is 2.00. The molecule has 2 rings (SSSR count). The third-order valence-corrected chi connectivity index (χ3v) is 4.12. The van der Waals surface area contributed by atoms with E-state index in [9.17, 15) is 4.79 Å². The van der Waals surface area contributed by atoms with Crippen LogP contribution in [0.1, 0.15) is 15.9 Å².